The van der Waals surface area contributed by atoms with Crippen LogP contribution in [0.25, 0.3) is 0 Å². The van der Waals surface area contributed by atoms with E-state index in [1.54, 1.807) is 0 Å². The van der Waals surface area contributed by atoms with Gasteiger partial charge in [0.25, 0.3) is 0 Å². The topological polar surface area (TPSA) is 65.0 Å². The SMILES string of the molecule is O=C(O)N[C@H]1C[C@H](N2CCOCC2)CN(Cc2ccccc2)C1. The minimum atomic E-state index is -0.933. The second kappa shape index (κ2) is 7.77. The summed E-state index contributed by atoms with van der Waals surface area (Å²) in [5.74, 6) is 0. The maximum absolute atomic E-state index is 11.1. The molecule has 0 spiro atoms. The molecule has 23 heavy (non-hydrogen) atoms. The number of amides is 1. The van der Waals surface area contributed by atoms with Crippen molar-refractivity contribution in [1.82, 2.24) is 15.1 Å². The Balaban J connectivity index is 1.66. The van der Waals surface area contributed by atoms with Crippen molar-refractivity contribution in [2.45, 2.75) is 25.0 Å². The molecule has 2 aliphatic heterocycles. The lowest BCUT2D eigenvalue weighted by Crippen LogP contribution is -2.58. The number of carbonyl (C=O) groups is 1. The highest BCUT2D eigenvalue weighted by molar-refractivity contribution is 5.64. The van der Waals surface area contributed by atoms with Crippen molar-refractivity contribution >= 4 is 6.09 Å². The Hall–Kier alpha value is -1.63. The first kappa shape index (κ1) is 16.2. The summed E-state index contributed by atoms with van der Waals surface area (Å²) in [6.07, 6.45) is -0.0605. The van der Waals surface area contributed by atoms with Gasteiger partial charge in [-0.25, -0.2) is 4.79 Å². The number of likely N-dealkylation sites (tertiary alicyclic amines) is 1. The van der Waals surface area contributed by atoms with Crippen LogP contribution in [0.4, 0.5) is 4.79 Å². The van der Waals surface area contributed by atoms with Crippen molar-refractivity contribution in [2.75, 3.05) is 39.4 Å². The van der Waals surface area contributed by atoms with Gasteiger partial charge in [-0.3, -0.25) is 9.80 Å². The molecule has 0 radical (unpaired) electrons. The summed E-state index contributed by atoms with van der Waals surface area (Å²) in [4.78, 5) is 15.9. The molecule has 2 saturated heterocycles. The number of nitrogens with zero attached hydrogens (tertiary/aromatic N) is 2. The van der Waals surface area contributed by atoms with Crippen LogP contribution in [0, 0.1) is 0 Å². The number of hydrogen-bond donors (Lipinski definition) is 2. The minimum Gasteiger partial charge on any atom is -0.465 e. The Labute approximate surface area is 137 Å². The summed E-state index contributed by atoms with van der Waals surface area (Å²) in [6, 6.07) is 10.7. The summed E-state index contributed by atoms with van der Waals surface area (Å²) in [5, 5.41) is 11.8. The molecular formula is C17H25N3O3. The van der Waals surface area contributed by atoms with Gasteiger partial charge in [-0.05, 0) is 12.0 Å². The predicted octanol–water partition coefficient (Wildman–Crippen LogP) is 1.23. The van der Waals surface area contributed by atoms with E-state index in [-0.39, 0.29) is 6.04 Å². The van der Waals surface area contributed by atoms with Crippen molar-refractivity contribution in [2.24, 2.45) is 0 Å². The summed E-state index contributed by atoms with van der Waals surface area (Å²) in [5.41, 5.74) is 1.27. The van der Waals surface area contributed by atoms with Gasteiger partial charge in [-0.15, -0.1) is 0 Å². The summed E-state index contributed by atoms with van der Waals surface area (Å²) >= 11 is 0. The van der Waals surface area contributed by atoms with E-state index in [1.165, 1.54) is 5.56 Å². The highest BCUT2D eigenvalue weighted by atomic mass is 16.5. The van der Waals surface area contributed by atoms with E-state index in [2.05, 4.69) is 27.2 Å². The molecular weight excluding hydrogens is 294 g/mol. The molecule has 3 rings (SSSR count). The zero-order chi connectivity index (χ0) is 16.1. The molecule has 2 N–H and O–H groups in total. The fourth-order valence-corrected chi connectivity index (χ4v) is 3.62. The Morgan fingerprint density at radius 1 is 1.22 bits per heavy atom. The molecule has 126 valence electrons. The van der Waals surface area contributed by atoms with Crippen LogP contribution in [0.1, 0.15) is 12.0 Å². The van der Waals surface area contributed by atoms with Crippen LogP contribution in [0.3, 0.4) is 0 Å². The summed E-state index contributed by atoms with van der Waals surface area (Å²) in [7, 11) is 0. The van der Waals surface area contributed by atoms with Gasteiger partial charge in [0.15, 0.2) is 0 Å². The average Bonchev–Trinajstić information content (AvgIpc) is 2.56. The van der Waals surface area contributed by atoms with Gasteiger partial charge >= 0.3 is 6.09 Å². The fraction of sp³-hybridized carbons (Fsp3) is 0.588. The number of ether oxygens (including phenoxy) is 1. The molecule has 0 aliphatic carbocycles. The second-order valence-electron chi connectivity index (χ2n) is 6.36. The normalized spacial score (nSPS) is 26.8. The van der Waals surface area contributed by atoms with E-state index in [9.17, 15) is 4.79 Å². The van der Waals surface area contributed by atoms with Gasteiger partial charge in [0, 0.05) is 44.8 Å². The van der Waals surface area contributed by atoms with E-state index >= 15 is 0 Å². The van der Waals surface area contributed by atoms with Crippen LogP contribution in [-0.4, -0.2) is 72.5 Å². The number of hydrogen-bond acceptors (Lipinski definition) is 4. The molecule has 1 aromatic rings. The minimum absolute atomic E-state index is 0.0159. The van der Waals surface area contributed by atoms with Crippen LogP contribution < -0.4 is 5.32 Å². The standard InChI is InChI=1S/C17H25N3O3/c21-17(22)18-15-10-16(20-6-8-23-9-7-20)13-19(12-15)11-14-4-2-1-3-5-14/h1-5,15-16,18H,6-13H2,(H,21,22)/t15-,16-/m0/s1. The van der Waals surface area contributed by atoms with Crippen LogP contribution in [0.5, 0.6) is 0 Å². The molecule has 6 heteroatoms. The molecule has 0 aromatic heterocycles. The number of piperidine rings is 1. The van der Waals surface area contributed by atoms with Crippen molar-refractivity contribution in [3.63, 3.8) is 0 Å². The van der Waals surface area contributed by atoms with Gasteiger partial charge in [0.1, 0.15) is 0 Å². The molecule has 1 aromatic carbocycles. The number of rotatable bonds is 4. The smallest absolute Gasteiger partial charge is 0.404 e. The summed E-state index contributed by atoms with van der Waals surface area (Å²) < 4.78 is 5.44. The van der Waals surface area contributed by atoms with Crippen LogP contribution in [0.2, 0.25) is 0 Å². The third-order valence-corrected chi connectivity index (χ3v) is 4.64. The first-order chi connectivity index (χ1) is 11.2. The van der Waals surface area contributed by atoms with Crippen molar-refractivity contribution in [3.05, 3.63) is 35.9 Å². The molecule has 2 fully saturated rings. The van der Waals surface area contributed by atoms with E-state index < -0.39 is 6.09 Å². The third kappa shape index (κ3) is 4.67. The second-order valence-corrected chi connectivity index (χ2v) is 6.36. The largest absolute Gasteiger partial charge is 0.465 e. The van der Waals surface area contributed by atoms with Crippen molar-refractivity contribution < 1.29 is 14.6 Å². The van der Waals surface area contributed by atoms with Crippen molar-refractivity contribution in [3.8, 4) is 0 Å². The monoisotopic (exact) mass is 319 g/mol. The first-order valence-electron chi connectivity index (χ1n) is 8.28. The van der Waals surface area contributed by atoms with E-state index in [1.807, 2.05) is 18.2 Å². The Morgan fingerprint density at radius 2 is 1.96 bits per heavy atom. The molecule has 6 nitrogen and oxygen atoms in total. The van der Waals surface area contributed by atoms with Crippen LogP contribution in [0.15, 0.2) is 30.3 Å². The number of benzene rings is 1. The predicted molar refractivity (Wildman–Crippen MR) is 87.5 cm³/mol. The maximum Gasteiger partial charge on any atom is 0.404 e. The van der Waals surface area contributed by atoms with Gasteiger partial charge < -0.3 is 15.2 Å². The van der Waals surface area contributed by atoms with Crippen LogP contribution in [-0.2, 0) is 11.3 Å². The lowest BCUT2D eigenvalue weighted by Gasteiger charge is -2.43. The lowest BCUT2D eigenvalue weighted by molar-refractivity contribution is -0.00878. The quantitative estimate of drug-likeness (QED) is 0.874. The van der Waals surface area contributed by atoms with Gasteiger partial charge in [-0.1, -0.05) is 30.3 Å². The van der Waals surface area contributed by atoms with E-state index in [4.69, 9.17) is 9.84 Å². The molecule has 2 aliphatic rings. The maximum atomic E-state index is 11.1. The van der Waals surface area contributed by atoms with Gasteiger partial charge in [0.2, 0.25) is 0 Å². The van der Waals surface area contributed by atoms with Gasteiger partial charge in [-0.2, -0.15) is 0 Å². The van der Waals surface area contributed by atoms with Crippen LogP contribution >= 0.6 is 0 Å². The number of carboxylic acid groups (broad SMARTS) is 1. The molecule has 2 heterocycles. The van der Waals surface area contributed by atoms with E-state index in [0.717, 1.165) is 52.4 Å². The fourth-order valence-electron chi connectivity index (χ4n) is 3.62. The van der Waals surface area contributed by atoms with Gasteiger partial charge in [0.05, 0.1) is 13.2 Å². The molecule has 0 unspecified atom stereocenters. The molecule has 1 amide bonds. The average molecular weight is 319 g/mol. The number of morpholine rings is 1. The zero-order valence-electron chi connectivity index (χ0n) is 13.4. The number of nitrogens with one attached hydrogen (secondary N) is 1. The Bertz CT molecular complexity index is 505. The molecule has 0 bridgehead atoms. The zero-order valence-corrected chi connectivity index (χ0v) is 13.4. The highest BCUT2D eigenvalue weighted by Gasteiger charge is 2.32. The molecule has 0 saturated carbocycles. The summed E-state index contributed by atoms with van der Waals surface area (Å²) in [6.45, 7) is 6.01. The lowest BCUT2D eigenvalue weighted by atomic mass is 9.98. The Morgan fingerprint density at radius 3 is 2.65 bits per heavy atom. The molecule has 2 atom stereocenters. The highest BCUT2D eigenvalue weighted by Crippen LogP contribution is 2.19. The first-order valence-corrected chi connectivity index (χ1v) is 8.28. The van der Waals surface area contributed by atoms with Crippen molar-refractivity contribution in [1.29, 1.82) is 0 Å². The Kier molecular flexibility index (Phi) is 5.48. The van der Waals surface area contributed by atoms with E-state index in [0.29, 0.717) is 6.04 Å². The third-order valence-electron chi connectivity index (χ3n) is 4.64.